The van der Waals surface area contributed by atoms with Crippen molar-refractivity contribution in [2.24, 2.45) is 0 Å². The summed E-state index contributed by atoms with van der Waals surface area (Å²) in [5.74, 6) is -1.21. The second kappa shape index (κ2) is 3.94. The standard InChI is InChI=1S/C11H9NO3S/c1-6-2-5-9(16-6)8-4-3-7(11(14)15)10(13)12-8/h2-5H,1H3,(H,12,13)(H,14,15). The fourth-order valence-corrected chi connectivity index (χ4v) is 2.21. The van der Waals surface area contributed by atoms with Gasteiger partial charge in [-0.3, -0.25) is 4.79 Å². The van der Waals surface area contributed by atoms with Crippen molar-refractivity contribution in [2.75, 3.05) is 0 Å². The molecular weight excluding hydrogens is 226 g/mol. The van der Waals surface area contributed by atoms with Crippen LogP contribution in [0, 0.1) is 6.92 Å². The molecule has 0 fully saturated rings. The van der Waals surface area contributed by atoms with Gasteiger partial charge >= 0.3 is 5.97 Å². The number of aromatic amines is 1. The SMILES string of the molecule is Cc1ccc(-c2ccc(C(=O)O)c(=O)[nH]2)s1. The molecule has 16 heavy (non-hydrogen) atoms. The average Bonchev–Trinajstić information content (AvgIpc) is 2.64. The lowest BCUT2D eigenvalue weighted by Gasteiger charge is -1.98. The topological polar surface area (TPSA) is 70.2 Å². The Hall–Kier alpha value is -1.88. The minimum Gasteiger partial charge on any atom is -0.477 e. The third-order valence-corrected chi connectivity index (χ3v) is 3.18. The van der Waals surface area contributed by atoms with Crippen molar-refractivity contribution in [3.05, 3.63) is 45.1 Å². The quantitative estimate of drug-likeness (QED) is 0.837. The van der Waals surface area contributed by atoms with Crippen LogP contribution < -0.4 is 5.56 Å². The Labute approximate surface area is 95.2 Å². The van der Waals surface area contributed by atoms with Crippen LogP contribution in [0.15, 0.2) is 29.1 Å². The van der Waals surface area contributed by atoms with Crippen molar-refractivity contribution in [3.8, 4) is 10.6 Å². The summed E-state index contributed by atoms with van der Waals surface area (Å²) >= 11 is 1.55. The number of hydrogen-bond donors (Lipinski definition) is 2. The maximum Gasteiger partial charge on any atom is 0.341 e. The Bertz CT molecular complexity index is 597. The lowest BCUT2D eigenvalue weighted by Crippen LogP contribution is -2.17. The van der Waals surface area contributed by atoms with E-state index in [9.17, 15) is 9.59 Å². The Morgan fingerprint density at radius 1 is 1.31 bits per heavy atom. The normalized spacial score (nSPS) is 10.3. The van der Waals surface area contributed by atoms with E-state index >= 15 is 0 Å². The summed E-state index contributed by atoms with van der Waals surface area (Å²) < 4.78 is 0. The Morgan fingerprint density at radius 3 is 2.56 bits per heavy atom. The van der Waals surface area contributed by atoms with E-state index in [4.69, 9.17) is 5.11 Å². The minimum absolute atomic E-state index is 0.239. The maximum absolute atomic E-state index is 11.4. The number of hydrogen-bond acceptors (Lipinski definition) is 3. The summed E-state index contributed by atoms with van der Waals surface area (Å²) in [6, 6.07) is 6.77. The first kappa shape index (κ1) is 10.6. The summed E-state index contributed by atoms with van der Waals surface area (Å²) in [5, 5.41) is 8.71. The smallest absolute Gasteiger partial charge is 0.341 e. The third kappa shape index (κ3) is 1.90. The minimum atomic E-state index is -1.21. The molecule has 5 heteroatoms. The van der Waals surface area contributed by atoms with E-state index in [1.54, 1.807) is 17.4 Å². The number of aryl methyl sites for hydroxylation is 1. The Kier molecular flexibility index (Phi) is 2.62. The van der Waals surface area contributed by atoms with Crippen LogP contribution in [-0.4, -0.2) is 16.1 Å². The number of rotatable bonds is 2. The molecule has 0 aliphatic heterocycles. The van der Waals surface area contributed by atoms with Crippen molar-refractivity contribution in [3.63, 3.8) is 0 Å². The summed E-state index contributed by atoms with van der Waals surface area (Å²) in [7, 11) is 0. The van der Waals surface area contributed by atoms with E-state index in [1.807, 2.05) is 19.1 Å². The van der Waals surface area contributed by atoms with E-state index in [1.165, 1.54) is 6.07 Å². The van der Waals surface area contributed by atoms with Crippen LogP contribution in [0.25, 0.3) is 10.6 Å². The fourth-order valence-electron chi connectivity index (χ4n) is 1.37. The van der Waals surface area contributed by atoms with Crippen LogP contribution in [0.5, 0.6) is 0 Å². The third-order valence-electron chi connectivity index (χ3n) is 2.15. The van der Waals surface area contributed by atoms with Crippen molar-refractivity contribution in [2.45, 2.75) is 6.92 Å². The van der Waals surface area contributed by atoms with Gasteiger partial charge < -0.3 is 10.1 Å². The number of H-pyrrole nitrogens is 1. The molecule has 0 amide bonds. The second-order valence-electron chi connectivity index (χ2n) is 3.33. The summed E-state index contributed by atoms with van der Waals surface area (Å²) in [6.07, 6.45) is 0. The van der Waals surface area contributed by atoms with Crippen molar-refractivity contribution in [1.82, 2.24) is 4.98 Å². The number of carboxylic acid groups (broad SMARTS) is 1. The summed E-state index contributed by atoms with van der Waals surface area (Å²) in [6.45, 7) is 1.97. The van der Waals surface area contributed by atoms with Gasteiger partial charge in [-0.25, -0.2) is 4.79 Å². The highest BCUT2D eigenvalue weighted by Crippen LogP contribution is 2.25. The molecule has 4 nitrogen and oxygen atoms in total. The molecule has 2 rings (SSSR count). The number of nitrogens with one attached hydrogen (secondary N) is 1. The number of aromatic nitrogens is 1. The van der Waals surface area contributed by atoms with E-state index in [0.29, 0.717) is 5.69 Å². The molecule has 0 aliphatic carbocycles. The van der Waals surface area contributed by atoms with Gasteiger partial charge in [0.15, 0.2) is 0 Å². The van der Waals surface area contributed by atoms with Gasteiger partial charge in [0.25, 0.3) is 5.56 Å². The van der Waals surface area contributed by atoms with Crippen LogP contribution in [0.3, 0.4) is 0 Å². The molecule has 0 bridgehead atoms. The van der Waals surface area contributed by atoms with Crippen LogP contribution in [0.2, 0.25) is 0 Å². The second-order valence-corrected chi connectivity index (χ2v) is 4.62. The van der Waals surface area contributed by atoms with Crippen LogP contribution >= 0.6 is 11.3 Å². The lowest BCUT2D eigenvalue weighted by atomic mass is 10.2. The predicted octanol–water partition coefficient (Wildman–Crippen LogP) is 2.11. The first-order chi connectivity index (χ1) is 7.58. The Balaban J connectivity index is 2.50. The van der Waals surface area contributed by atoms with Crippen LogP contribution in [-0.2, 0) is 0 Å². The van der Waals surface area contributed by atoms with Crippen molar-refractivity contribution in [1.29, 1.82) is 0 Å². The van der Waals surface area contributed by atoms with E-state index < -0.39 is 11.5 Å². The number of thiophene rings is 1. The molecule has 82 valence electrons. The zero-order chi connectivity index (χ0) is 11.7. The molecule has 0 aromatic carbocycles. The first-order valence-electron chi connectivity index (χ1n) is 4.61. The van der Waals surface area contributed by atoms with Gasteiger partial charge in [0.1, 0.15) is 5.56 Å². The summed E-state index contributed by atoms with van der Waals surface area (Å²) in [4.78, 5) is 26.7. The average molecular weight is 235 g/mol. The van der Waals surface area contributed by atoms with Crippen molar-refractivity contribution >= 4 is 17.3 Å². The highest BCUT2D eigenvalue weighted by Gasteiger charge is 2.09. The number of carboxylic acids is 1. The first-order valence-corrected chi connectivity index (χ1v) is 5.43. The van der Waals surface area contributed by atoms with E-state index in [-0.39, 0.29) is 5.56 Å². The molecule has 2 aromatic heterocycles. The largest absolute Gasteiger partial charge is 0.477 e. The van der Waals surface area contributed by atoms with Gasteiger partial charge in [-0.05, 0) is 31.2 Å². The number of aromatic carboxylic acids is 1. The molecule has 0 radical (unpaired) electrons. The Morgan fingerprint density at radius 2 is 2.06 bits per heavy atom. The van der Waals surface area contributed by atoms with Gasteiger partial charge in [-0.1, -0.05) is 0 Å². The van der Waals surface area contributed by atoms with E-state index in [2.05, 4.69) is 4.98 Å². The summed E-state index contributed by atoms with van der Waals surface area (Å²) in [5.41, 5.74) is -0.166. The highest BCUT2D eigenvalue weighted by atomic mass is 32.1. The van der Waals surface area contributed by atoms with Gasteiger partial charge in [-0.2, -0.15) is 0 Å². The zero-order valence-electron chi connectivity index (χ0n) is 8.48. The number of pyridine rings is 1. The van der Waals surface area contributed by atoms with Gasteiger partial charge in [0, 0.05) is 4.88 Å². The zero-order valence-corrected chi connectivity index (χ0v) is 9.30. The highest BCUT2D eigenvalue weighted by molar-refractivity contribution is 7.15. The lowest BCUT2D eigenvalue weighted by molar-refractivity contribution is 0.0695. The maximum atomic E-state index is 11.4. The molecule has 0 saturated heterocycles. The van der Waals surface area contributed by atoms with Crippen LogP contribution in [0.1, 0.15) is 15.2 Å². The van der Waals surface area contributed by atoms with E-state index in [0.717, 1.165) is 9.75 Å². The van der Waals surface area contributed by atoms with Crippen molar-refractivity contribution < 1.29 is 9.90 Å². The van der Waals surface area contributed by atoms with Gasteiger partial charge in [-0.15, -0.1) is 11.3 Å². The van der Waals surface area contributed by atoms with Gasteiger partial charge in [0.05, 0.1) is 10.6 Å². The molecule has 2 aromatic rings. The molecular formula is C11H9NO3S. The molecule has 2 heterocycles. The fraction of sp³-hybridized carbons (Fsp3) is 0.0909. The molecule has 0 saturated carbocycles. The monoisotopic (exact) mass is 235 g/mol. The molecule has 0 unspecified atom stereocenters. The number of carbonyl (C=O) groups is 1. The molecule has 0 spiro atoms. The van der Waals surface area contributed by atoms with Crippen LogP contribution in [0.4, 0.5) is 0 Å². The van der Waals surface area contributed by atoms with Gasteiger partial charge in [0.2, 0.25) is 0 Å². The predicted molar refractivity (Wildman–Crippen MR) is 62.1 cm³/mol. The molecule has 2 N–H and O–H groups in total. The molecule has 0 atom stereocenters. The molecule has 0 aliphatic rings.